The Labute approximate surface area is 264 Å². The average molecular weight is 610 g/mol. The Bertz CT molecular complexity index is 1220. The normalized spacial score (nSPS) is 13.6. The van der Waals surface area contributed by atoms with Crippen LogP contribution < -0.4 is 10.6 Å². The van der Waals surface area contributed by atoms with Gasteiger partial charge in [-0.15, -0.1) is 0 Å². The zero-order valence-corrected chi connectivity index (χ0v) is 28.3. The number of ether oxygens (including phenoxy) is 1. The highest BCUT2D eigenvalue weighted by Crippen LogP contribution is 2.29. The molecule has 2 rings (SSSR count). The first-order chi connectivity index (χ1) is 20.6. The molecule has 244 valence electrons. The molecular formula is C36H55N3O5. The molecule has 0 aromatic heterocycles. The molecular weight excluding hydrogens is 554 g/mol. The van der Waals surface area contributed by atoms with Crippen LogP contribution in [0.25, 0.3) is 0 Å². The number of aromatic hydroxyl groups is 1. The van der Waals surface area contributed by atoms with Crippen molar-refractivity contribution >= 4 is 17.9 Å². The number of rotatable bonds is 15. The molecule has 8 heteroatoms. The molecule has 0 saturated carbocycles. The second-order valence-electron chi connectivity index (χ2n) is 13.4. The first-order valence-electron chi connectivity index (χ1n) is 16.1. The number of hydrogen-bond donors (Lipinski definition) is 3. The summed E-state index contributed by atoms with van der Waals surface area (Å²) >= 11 is 0. The van der Waals surface area contributed by atoms with Crippen LogP contribution in [-0.2, 0) is 20.7 Å². The fourth-order valence-corrected chi connectivity index (χ4v) is 5.07. The van der Waals surface area contributed by atoms with Crippen molar-refractivity contribution < 1.29 is 24.2 Å². The van der Waals surface area contributed by atoms with E-state index in [4.69, 9.17) is 4.74 Å². The number of carbonyl (C=O) groups is 3. The SMILES string of the molecule is CCCCCNC(=O)C(c1ccc(C)c(C)c1)N(C(=O)C(Cc1ccc(O)cc1)NC(=O)OC(C)(C)C)C(C)CCC(C)C. The summed E-state index contributed by atoms with van der Waals surface area (Å²) in [7, 11) is 0. The average Bonchev–Trinajstić information content (AvgIpc) is 2.93. The Morgan fingerprint density at radius 2 is 1.59 bits per heavy atom. The number of amides is 3. The number of phenolic OH excluding ortho intramolecular Hbond substituents is 1. The molecule has 3 N–H and O–H groups in total. The van der Waals surface area contributed by atoms with Gasteiger partial charge in [0.1, 0.15) is 23.4 Å². The summed E-state index contributed by atoms with van der Waals surface area (Å²) in [6.45, 7) is 18.2. The predicted molar refractivity (Wildman–Crippen MR) is 177 cm³/mol. The minimum absolute atomic E-state index is 0.107. The van der Waals surface area contributed by atoms with Gasteiger partial charge in [0.05, 0.1) is 0 Å². The van der Waals surface area contributed by atoms with E-state index < -0.39 is 23.8 Å². The molecule has 2 aromatic rings. The fraction of sp³-hybridized carbons (Fsp3) is 0.583. The highest BCUT2D eigenvalue weighted by atomic mass is 16.6. The minimum atomic E-state index is -1.02. The van der Waals surface area contributed by atoms with Gasteiger partial charge in [0.2, 0.25) is 11.8 Å². The van der Waals surface area contributed by atoms with Gasteiger partial charge >= 0.3 is 6.09 Å². The lowest BCUT2D eigenvalue weighted by atomic mass is 9.94. The third kappa shape index (κ3) is 11.9. The molecule has 0 fully saturated rings. The summed E-state index contributed by atoms with van der Waals surface area (Å²) in [6.07, 6.45) is 3.87. The van der Waals surface area contributed by atoms with Crippen molar-refractivity contribution in [2.45, 2.75) is 125 Å². The van der Waals surface area contributed by atoms with Crippen LogP contribution >= 0.6 is 0 Å². The highest BCUT2D eigenvalue weighted by molar-refractivity contribution is 5.92. The maximum absolute atomic E-state index is 14.8. The maximum atomic E-state index is 14.8. The number of benzene rings is 2. The second-order valence-corrected chi connectivity index (χ2v) is 13.4. The van der Waals surface area contributed by atoms with Crippen molar-refractivity contribution in [3.8, 4) is 5.75 Å². The van der Waals surface area contributed by atoms with Crippen molar-refractivity contribution in [1.82, 2.24) is 15.5 Å². The summed E-state index contributed by atoms with van der Waals surface area (Å²) in [5.74, 6) is -0.0953. The van der Waals surface area contributed by atoms with E-state index >= 15 is 0 Å². The van der Waals surface area contributed by atoms with E-state index in [0.29, 0.717) is 18.9 Å². The number of nitrogens with one attached hydrogen (secondary N) is 2. The quantitative estimate of drug-likeness (QED) is 0.186. The van der Waals surface area contributed by atoms with Crippen LogP contribution in [0.4, 0.5) is 4.79 Å². The van der Waals surface area contributed by atoms with Gasteiger partial charge in [0, 0.05) is 19.0 Å². The lowest BCUT2D eigenvalue weighted by Gasteiger charge is -2.39. The smallest absolute Gasteiger partial charge is 0.408 e. The van der Waals surface area contributed by atoms with Crippen LogP contribution in [-0.4, -0.2) is 52.1 Å². The van der Waals surface area contributed by atoms with E-state index in [9.17, 15) is 19.5 Å². The standard InChI is InChI=1S/C36H55N3O5/c1-10-11-12-21-37-33(41)32(29-18-14-25(4)26(5)22-29)39(27(6)15-13-24(2)3)34(42)31(38-35(43)44-36(7,8)9)23-28-16-19-30(40)20-17-28/h14,16-20,22,24,27,31-32,40H,10-13,15,21,23H2,1-9H3,(H,37,41)(H,38,43). The zero-order valence-electron chi connectivity index (χ0n) is 28.3. The molecule has 8 nitrogen and oxygen atoms in total. The number of unbranched alkanes of at least 4 members (excludes halogenated alkanes) is 2. The van der Waals surface area contributed by atoms with Crippen molar-refractivity contribution in [1.29, 1.82) is 0 Å². The third-order valence-electron chi connectivity index (χ3n) is 7.71. The van der Waals surface area contributed by atoms with E-state index in [1.807, 2.05) is 39.0 Å². The van der Waals surface area contributed by atoms with Gasteiger partial charge in [-0.1, -0.05) is 63.9 Å². The molecule has 0 bridgehead atoms. The molecule has 3 atom stereocenters. The van der Waals surface area contributed by atoms with Crippen molar-refractivity contribution in [2.24, 2.45) is 5.92 Å². The molecule has 3 amide bonds. The Morgan fingerprint density at radius 3 is 2.16 bits per heavy atom. The Balaban J connectivity index is 2.65. The van der Waals surface area contributed by atoms with Gasteiger partial charge in [-0.25, -0.2) is 4.79 Å². The number of alkyl carbamates (subject to hydrolysis) is 1. The Hall–Kier alpha value is -3.55. The Kier molecular flexibility index (Phi) is 14.2. The highest BCUT2D eigenvalue weighted by Gasteiger charge is 2.39. The molecule has 0 aliphatic heterocycles. The van der Waals surface area contributed by atoms with Gasteiger partial charge in [-0.05, 0) is 101 Å². The summed E-state index contributed by atoms with van der Waals surface area (Å²) in [5, 5.41) is 15.7. The van der Waals surface area contributed by atoms with E-state index in [1.54, 1.807) is 49.9 Å². The summed E-state index contributed by atoms with van der Waals surface area (Å²) in [4.78, 5) is 43.6. The van der Waals surface area contributed by atoms with Crippen molar-refractivity contribution in [3.05, 3.63) is 64.7 Å². The van der Waals surface area contributed by atoms with Crippen LogP contribution in [0.2, 0.25) is 0 Å². The van der Waals surface area contributed by atoms with Crippen LogP contribution in [0.1, 0.15) is 109 Å². The molecule has 0 saturated heterocycles. The maximum Gasteiger partial charge on any atom is 0.408 e. The molecule has 44 heavy (non-hydrogen) atoms. The number of aryl methyl sites for hydroxylation is 2. The van der Waals surface area contributed by atoms with Gasteiger partial charge in [0.15, 0.2) is 0 Å². The van der Waals surface area contributed by atoms with Crippen molar-refractivity contribution in [3.63, 3.8) is 0 Å². The molecule has 0 spiro atoms. The number of phenols is 1. The first-order valence-corrected chi connectivity index (χ1v) is 16.1. The van der Waals surface area contributed by atoms with E-state index in [0.717, 1.165) is 47.9 Å². The molecule has 0 radical (unpaired) electrons. The lowest BCUT2D eigenvalue weighted by molar-refractivity contribution is -0.145. The van der Waals surface area contributed by atoms with Crippen LogP contribution in [0.5, 0.6) is 5.75 Å². The monoisotopic (exact) mass is 609 g/mol. The largest absolute Gasteiger partial charge is 0.508 e. The number of carbonyl (C=O) groups excluding carboxylic acids is 3. The van der Waals surface area contributed by atoms with E-state index in [1.165, 1.54) is 0 Å². The summed E-state index contributed by atoms with van der Waals surface area (Å²) in [6, 6.07) is 10.2. The van der Waals surface area contributed by atoms with Crippen LogP contribution in [0, 0.1) is 19.8 Å². The van der Waals surface area contributed by atoms with E-state index in [-0.39, 0.29) is 30.0 Å². The van der Waals surface area contributed by atoms with Gasteiger partial charge in [0.25, 0.3) is 0 Å². The zero-order chi connectivity index (χ0) is 33.0. The topological polar surface area (TPSA) is 108 Å². The molecule has 0 aliphatic carbocycles. The Morgan fingerprint density at radius 1 is 0.932 bits per heavy atom. The van der Waals surface area contributed by atoms with E-state index in [2.05, 4.69) is 31.4 Å². The number of nitrogens with zero attached hydrogens (tertiary/aromatic N) is 1. The fourth-order valence-electron chi connectivity index (χ4n) is 5.07. The van der Waals surface area contributed by atoms with Crippen molar-refractivity contribution in [2.75, 3.05) is 6.54 Å². The molecule has 2 aromatic carbocycles. The summed E-state index contributed by atoms with van der Waals surface area (Å²) in [5.41, 5.74) is 2.84. The van der Waals surface area contributed by atoms with Crippen LogP contribution in [0.3, 0.4) is 0 Å². The van der Waals surface area contributed by atoms with Crippen LogP contribution in [0.15, 0.2) is 42.5 Å². The minimum Gasteiger partial charge on any atom is -0.508 e. The molecule has 0 aliphatic rings. The molecule has 3 unspecified atom stereocenters. The lowest BCUT2D eigenvalue weighted by Crippen LogP contribution is -2.56. The number of hydrogen-bond acceptors (Lipinski definition) is 5. The summed E-state index contributed by atoms with van der Waals surface area (Å²) < 4.78 is 5.55. The van der Waals surface area contributed by atoms with Gasteiger partial charge in [-0.2, -0.15) is 0 Å². The first kappa shape index (κ1) is 36.6. The third-order valence-corrected chi connectivity index (χ3v) is 7.71. The molecule has 0 heterocycles. The second kappa shape index (κ2) is 17.1. The van der Waals surface area contributed by atoms with Gasteiger partial charge in [-0.3, -0.25) is 9.59 Å². The predicted octanol–water partition coefficient (Wildman–Crippen LogP) is 7.15. The van der Waals surface area contributed by atoms with Gasteiger partial charge < -0.3 is 25.4 Å².